The van der Waals surface area contributed by atoms with Gasteiger partial charge in [-0.15, -0.1) is 0 Å². The Kier molecular flexibility index (Phi) is 5.38. The molecule has 0 spiro atoms. The second-order valence-electron chi connectivity index (χ2n) is 3.24. The van der Waals surface area contributed by atoms with Crippen LogP contribution in [0.5, 0.6) is 0 Å². The quantitative estimate of drug-likeness (QED) is 0.433. The van der Waals surface area contributed by atoms with Crippen LogP contribution in [0.1, 0.15) is 13.8 Å². The van der Waals surface area contributed by atoms with Gasteiger partial charge in [0.1, 0.15) is 15.4 Å². The van der Waals surface area contributed by atoms with Gasteiger partial charge in [0.25, 0.3) is 0 Å². The number of para-hydroxylation sites is 1. The Hall–Kier alpha value is -0.843. The predicted octanol–water partition coefficient (Wildman–Crippen LogP) is 0.419. The van der Waals surface area contributed by atoms with E-state index in [1.807, 2.05) is 32.0 Å². The second-order valence-corrected chi connectivity index (χ2v) is 5.08. The third kappa shape index (κ3) is 4.03. The van der Waals surface area contributed by atoms with E-state index in [9.17, 15) is 0 Å². The minimum atomic E-state index is -0.618. The van der Waals surface area contributed by atoms with Crippen LogP contribution in [0.25, 0.3) is 0 Å². The van der Waals surface area contributed by atoms with Gasteiger partial charge in [0.15, 0.2) is 0 Å². The maximum Gasteiger partial charge on any atom is 0.139 e. The monoisotopic (exact) mass is 225 g/mol. The van der Waals surface area contributed by atoms with Crippen molar-refractivity contribution < 1.29 is 9.47 Å². The van der Waals surface area contributed by atoms with Gasteiger partial charge in [-0.25, -0.2) is 0 Å². The van der Waals surface area contributed by atoms with E-state index in [1.54, 1.807) is 0 Å². The van der Waals surface area contributed by atoms with Crippen LogP contribution in [-0.2, 0) is 9.47 Å². The first-order chi connectivity index (χ1) is 7.27. The first-order valence-corrected chi connectivity index (χ1v) is 6.86. The Morgan fingerprint density at radius 1 is 1.20 bits per heavy atom. The zero-order valence-electron chi connectivity index (χ0n) is 9.40. The van der Waals surface area contributed by atoms with Crippen molar-refractivity contribution in [3.8, 4) is 0 Å². The van der Waals surface area contributed by atoms with Gasteiger partial charge in [0, 0.05) is 18.9 Å². The SMILES string of the molecule is CCOC(OCC)[SiH2]c1ccccc1N. The molecule has 2 N–H and O–H groups in total. The number of anilines is 1. The smallest absolute Gasteiger partial charge is 0.139 e. The number of ether oxygens (including phenoxy) is 2. The summed E-state index contributed by atoms with van der Waals surface area (Å²) in [7, 11) is -0.618. The van der Waals surface area contributed by atoms with Crippen LogP contribution in [-0.4, -0.2) is 28.6 Å². The van der Waals surface area contributed by atoms with Crippen LogP contribution in [0.4, 0.5) is 5.69 Å². The summed E-state index contributed by atoms with van der Waals surface area (Å²) in [5.74, 6) is -0.0512. The van der Waals surface area contributed by atoms with E-state index in [4.69, 9.17) is 15.2 Å². The van der Waals surface area contributed by atoms with Crippen molar-refractivity contribution in [3.63, 3.8) is 0 Å². The maximum absolute atomic E-state index is 5.88. The van der Waals surface area contributed by atoms with Crippen molar-refractivity contribution >= 4 is 20.4 Å². The number of hydrogen-bond donors (Lipinski definition) is 1. The van der Waals surface area contributed by atoms with Gasteiger partial charge < -0.3 is 15.2 Å². The van der Waals surface area contributed by atoms with Crippen LogP contribution >= 0.6 is 0 Å². The Bertz CT molecular complexity index is 288. The molecule has 1 aromatic rings. The van der Waals surface area contributed by atoms with Crippen LogP contribution < -0.4 is 10.9 Å². The topological polar surface area (TPSA) is 44.5 Å². The van der Waals surface area contributed by atoms with E-state index >= 15 is 0 Å². The predicted molar refractivity (Wildman–Crippen MR) is 66.1 cm³/mol. The molecule has 0 aliphatic heterocycles. The summed E-state index contributed by atoms with van der Waals surface area (Å²) in [4.78, 5) is 0. The van der Waals surface area contributed by atoms with Crippen LogP contribution in [0.15, 0.2) is 24.3 Å². The van der Waals surface area contributed by atoms with Gasteiger partial charge in [-0.05, 0) is 25.1 Å². The molecule has 0 saturated carbocycles. The molecular weight excluding hydrogens is 206 g/mol. The third-order valence-electron chi connectivity index (χ3n) is 2.15. The number of hydrogen-bond acceptors (Lipinski definition) is 3. The molecule has 0 atom stereocenters. The number of nitrogen functional groups attached to an aromatic ring is 1. The highest BCUT2D eigenvalue weighted by Crippen LogP contribution is 1.99. The summed E-state index contributed by atoms with van der Waals surface area (Å²) in [6.45, 7) is 5.33. The van der Waals surface area contributed by atoms with Crippen LogP contribution in [0.2, 0.25) is 0 Å². The zero-order chi connectivity index (χ0) is 11.1. The highest BCUT2D eigenvalue weighted by atomic mass is 28.2. The molecule has 15 heavy (non-hydrogen) atoms. The molecule has 0 aliphatic carbocycles. The second kappa shape index (κ2) is 6.61. The number of nitrogens with two attached hydrogens (primary N) is 1. The van der Waals surface area contributed by atoms with E-state index in [1.165, 1.54) is 5.19 Å². The molecule has 0 bridgehead atoms. The van der Waals surface area contributed by atoms with E-state index in [0.717, 1.165) is 5.69 Å². The molecule has 0 heterocycles. The molecule has 3 nitrogen and oxygen atoms in total. The fraction of sp³-hybridized carbons (Fsp3) is 0.455. The lowest BCUT2D eigenvalue weighted by Gasteiger charge is -2.17. The van der Waals surface area contributed by atoms with E-state index < -0.39 is 9.52 Å². The summed E-state index contributed by atoms with van der Waals surface area (Å²) >= 11 is 0. The van der Waals surface area contributed by atoms with Gasteiger partial charge in [0.2, 0.25) is 0 Å². The third-order valence-corrected chi connectivity index (χ3v) is 4.04. The Morgan fingerprint density at radius 2 is 1.80 bits per heavy atom. The first kappa shape index (κ1) is 12.2. The largest absolute Gasteiger partial charge is 0.399 e. The Morgan fingerprint density at radius 3 is 2.33 bits per heavy atom. The molecule has 4 heteroatoms. The van der Waals surface area contributed by atoms with E-state index in [-0.39, 0.29) is 5.91 Å². The van der Waals surface area contributed by atoms with E-state index in [0.29, 0.717) is 13.2 Å². The van der Waals surface area contributed by atoms with Crippen molar-refractivity contribution in [3.05, 3.63) is 24.3 Å². The lowest BCUT2D eigenvalue weighted by Crippen LogP contribution is -2.34. The first-order valence-electron chi connectivity index (χ1n) is 5.34. The Balaban J connectivity index is 2.60. The Labute approximate surface area is 93.4 Å². The molecule has 0 saturated heterocycles. The standard InChI is InChI=1S/C11H19NO2Si/c1-3-13-11(14-4-2)15-10-8-6-5-7-9(10)12/h5-8,11H,3-4,12,15H2,1-2H3. The minimum absolute atomic E-state index is 0.0512. The van der Waals surface area contributed by atoms with Gasteiger partial charge in [-0.3, -0.25) is 0 Å². The molecule has 84 valence electrons. The molecule has 0 aliphatic rings. The van der Waals surface area contributed by atoms with Crippen LogP contribution in [0.3, 0.4) is 0 Å². The molecule has 0 radical (unpaired) electrons. The highest BCUT2D eigenvalue weighted by molar-refractivity contribution is 6.56. The summed E-state index contributed by atoms with van der Waals surface area (Å²) in [6.07, 6.45) is 0. The summed E-state index contributed by atoms with van der Waals surface area (Å²) in [6, 6.07) is 7.95. The molecule has 0 amide bonds. The van der Waals surface area contributed by atoms with Gasteiger partial charge >= 0.3 is 0 Å². The van der Waals surface area contributed by atoms with Crippen molar-refractivity contribution in [2.24, 2.45) is 0 Å². The average Bonchev–Trinajstić information content (AvgIpc) is 2.22. The van der Waals surface area contributed by atoms with Gasteiger partial charge in [-0.1, -0.05) is 18.2 Å². The van der Waals surface area contributed by atoms with Crippen LogP contribution in [0, 0.1) is 0 Å². The van der Waals surface area contributed by atoms with Crippen molar-refractivity contribution in [1.29, 1.82) is 0 Å². The minimum Gasteiger partial charge on any atom is -0.399 e. The van der Waals surface area contributed by atoms with Gasteiger partial charge in [-0.2, -0.15) is 0 Å². The van der Waals surface area contributed by atoms with E-state index in [2.05, 4.69) is 6.07 Å². The highest BCUT2D eigenvalue weighted by Gasteiger charge is 2.11. The van der Waals surface area contributed by atoms with Crippen molar-refractivity contribution in [2.45, 2.75) is 19.8 Å². The lowest BCUT2D eigenvalue weighted by molar-refractivity contribution is -0.0817. The summed E-state index contributed by atoms with van der Waals surface area (Å²) < 4.78 is 11.1. The number of rotatable bonds is 6. The molecule has 1 aromatic carbocycles. The molecule has 0 fully saturated rings. The lowest BCUT2D eigenvalue weighted by atomic mass is 10.3. The fourth-order valence-corrected chi connectivity index (χ4v) is 3.13. The average molecular weight is 225 g/mol. The number of benzene rings is 1. The zero-order valence-corrected chi connectivity index (χ0v) is 10.8. The maximum atomic E-state index is 5.88. The summed E-state index contributed by atoms with van der Waals surface area (Å²) in [5, 5.41) is 1.21. The van der Waals surface area contributed by atoms with Gasteiger partial charge in [0.05, 0.1) is 0 Å². The summed E-state index contributed by atoms with van der Waals surface area (Å²) in [5.41, 5.74) is 6.74. The molecular formula is C11H19NO2Si. The molecule has 1 rings (SSSR count). The fourth-order valence-electron chi connectivity index (χ4n) is 1.44. The van der Waals surface area contributed by atoms with Crippen molar-refractivity contribution in [2.75, 3.05) is 18.9 Å². The van der Waals surface area contributed by atoms with Crippen molar-refractivity contribution in [1.82, 2.24) is 0 Å². The molecule has 0 unspecified atom stereocenters. The molecule has 0 aromatic heterocycles. The normalized spacial score (nSPS) is 11.7.